The normalized spacial score (nSPS) is 12.4. The van der Waals surface area contributed by atoms with Crippen molar-refractivity contribution in [3.05, 3.63) is 29.3 Å². The first kappa shape index (κ1) is 18.0. The van der Waals surface area contributed by atoms with Gasteiger partial charge in [-0.1, -0.05) is 0 Å². The van der Waals surface area contributed by atoms with E-state index in [9.17, 15) is 17.2 Å². The van der Waals surface area contributed by atoms with E-state index in [0.717, 1.165) is 12.1 Å². The largest absolute Gasteiger partial charge is 0.391 e. The summed E-state index contributed by atoms with van der Waals surface area (Å²) >= 11 is 0. The maximum absolute atomic E-state index is 13.9. The van der Waals surface area contributed by atoms with Crippen molar-refractivity contribution in [1.29, 1.82) is 0 Å². The Morgan fingerprint density at radius 1 is 1.33 bits per heavy atom. The molecule has 120 valence electrons. The molecule has 0 atom stereocenters. The van der Waals surface area contributed by atoms with Crippen LogP contribution in [-0.4, -0.2) is 44.6 Å². The number of likely N-dealkylation sites (N-methyl/N-ethyl adjacent to an activating group) is 1. The molecule has 0 heterocycles. The quantitative estimate of drug-likeness (QED) is 0.788. The summed E-state index contributed by atoms with van der Waals surface area (Å²) in [6.45, 7) is 3.56. The van der Waals surface area contributed by atoms with Crippen molar-refractivity contribution in [2.24, 2.45) is 0 Å². The average molecular weight is 322 g/mol. The minimum Gasteiger partial charge on any atom is -0.391 e. The number of rotatable bonds is 7. The lowest BCUT2D eigenvalue weighted by atomic mass is 10.2. The number of aliphatic hydroxyl groups is 1. The Morgan fingerprint density at radius 2 is 1.95 bits per heavy atom. The highest BCUT2D eigenvalue weighted by Gasteiger charge is 2.23. The topological polar surface area (TPSA) is 69.6 Å². The molecule has 0 radical (unpaired) electrons. The SMILES string of the molecule is CC(C)N(C)CCNS(=O)(=O)c1ccc(F)c(CO)c1F. The number of nitrogens with zero attached hydrogens (tertiary/aromatic N) is 1. The van der Waals surface area contributed by atoms with E-state index < -0.39 is 38.7 Å². The molecule has 1 rings (SSSR count). The second kappa shape index (κ2) is 7.26. The molecular weight excluding hydrogens is 302 g/mol. The molecule has 0 aromatic heterocycles. The van der Waals surface area contributed by atoms with Gasteiger partial charge in [0.05, 0.1) is 12.2 Å². The van der Waals surface area contributed by atoms with Crippen LogP contribution in [-0.2, 0) is 16.6 Å². The summed E-state index contributed by atoms with van der Waals surface area (Å²) in [5.41, 5.74) is -0.655. The van der Waals surface area contributed by atoms with Gasteiger partial charge in [0.25, 0.3) is 0 Å². The lowest BCUT2D eigenvalue weighted by molar-refractivity contribution is 0.267. The van der Waals surface area contributed by atoms with Crippen LogP contribution in [0.1, 0.15) is 19.4 Å². The first-order chi connectivity index (χ1) is 9.70. The van der Waals surface area contributed by atoms with Gasteiger partial charge < -0.3 is 10.0 Å². The van der Waals surface area contributed by atoms with Crippen LogP contribution in [0.15, 0.2) is 17.0 Å². The molecule has 1 aromatic rings. The molecule has 0 saturated heterocycles. The first-order valence-electron chi connectivity index (χ1n) is 6.48. The summed E-state index contributed by atoms with van der Waals surface area (Å²) < 4.78 is 53.4. The lowest BCUT2D eigenvalue weighted by Gasteiger charge is -2.21. The first-order valence-corrected chi connectivity index (χ1v) is 7.96. The third kappa shape index (κ3) is 4.44. The Balaban J connectivity index is 2.89. The Morgan fingerprint density at radius 3 is 2.48 bits per heavy atom. The third-order valence-electron chi connectivity index (χ3n) is 3.24. The summed E-state index contributed by atoms with van der Waals surface area (Å²) in [6.07, 6.45) is 0. The molecule has 0 aliphatic rings. The smallest absolute Gasteiger partial charge is 0.243 e. The number of halogens is 2. The second-order valence-corrected chi connectivity index (χ2v) is 6.70. The molecule has 0 aliphatic carbocycles. The summed E-state index contributed by atoms with van der Waals surface area (Å²) in [5.74, 6) is -2.24. The van der Waals surface area contributed by atoms with E-state index in [1.807, 2.05) is 25.8 Å². The highest BCUT2D eigenvalue weighted by atomic mass is 32.2. The van der Waals surface area contributed by atoms with E-state index in [1.165, 1.54) is 0 Å². The number of benzene rings is 1. The van der Waals surface area contributed by atoms with Crippen molar-refractivity contribution in [3.63, 3.8) is 0 Å². The third-order valence-corrected chi connectivity index (χ3v) is 4.71. The van der Waals surface area contributed by atoms with Gasteiger partial charge in [0.15, 0.2) is 5.82 Å². The van der Waals surface area contributed by atoms with Gasteiger partial charge in [-0.2, -0.15) is 0 Å². The summed E-state index contributed by atoms with van der Waals surface area (Å²) in [7, 11) is -2.26. The fraction of sp³-hybridized carbons (Fsp3) is 0.538. The summed E-state index contributed by atoms with van der Waals surface area (Å²) in [5, 5.41) is 8.90. The van der Waals surface area contributed by atoms with Crippen LogP contribution in [0.25, 0.3) is 0 Å². The van der Waals surface area contributed by atoms with Crippen LogP contribution >= 0.6 is 0 Å². The molecule has 0 unspecified atom stereocenters. The molecule has 1 aromatic carbocycles. The van der Waals surface area contributed by atoms with Gasteiger partial charge in [-0.05, 0) is 33.0 Å². The molecule has 21 heavy (non-hydrogen) atoms. The molecule has 0 saturated carbocycles. The summed E-state index contributed by atoms with van der Waals surface area (Å²) in [4.78, 5) is 1.25. The van der Waals surface area contributed by atoms with Crippen molar-refractivity contribution in [1.82, 2.24) is 9.62 Å². The highest BCUT2D eigenvalue weighted by molar-refractivity contribution is 7.89. The molecule has 5 nitrogen and oxygen atoms in total. The zero-order chi connectivity index (χ0) is 16.2. The van der Waals surface area contributed by atoms with Crippen molar-refractivity contribution in [2.45, 2.75) is 31.4 Å². The van der Waals surface area contributed by atoms with Gasteiger partial charge in [-0.3, -0.25) is 0 Å². The van der Waals surface area contributed by atoms with Crippen LogP contribution in [0, 0.1) is 11.6 Å². The molecule has 0 fully saturated rings. The predicted octanol–water partition coefficient (Wildman–Crippen LogP) is 1.08. The van der Waals surface area contributed by atoms with Gasteiger partial charge in [0.1, 0.15) is 10.7 Å². The standard InChI is InChI=1S/C13H20F2N2O3S/c1-9(2)17(3)7-6-16-21(19,20)12-5-4-11(14)10(8-18)13(12)15/h4-5,9,16,18H,6-8H2,1-3H3. The fourth-order valence-electron chi connectivity index (χ4n) is 1.62. The minimum absolute atomic E-state index is 0.0995. The van der Waals surface area contributed by atoms with Gasteiger partial charge in [-0.25, -0.2) is 21.9 Å². The van der Waals surface area contributed by atoms with E-state index in [0.29, 0.717) is 6.54 Å². The van der Waals surface area contributed by atoms with Crippen molar-refractivity contribution < 1.29 is 22.3 Å². The maximum atomic E-state index is 13.9. The van der Waals surface area contributed by atoms with Gasteiger partial charge in [-0.15, -0.1) is 0 Å². The molecule has 0 bridgehead atoms. The van der Waals surface area contributed by atoms with Crippen molar-refractivity contribution in [2.75, 3.05) is 20.1 Å². The summed E-state index contributed by atoms with van der Waals surface area (Å²) in [6, 6.07) is 1.92. The zero-order valence-electron chi connectivity index (χ0n) is 12.2. The Hall–Kier alpha value is -1.09. The van der Waals surface area contributed by atoms with Crippen LogP contribution < -0.4 is 4.72 Å². The Kier molecular flexibility index (Phi) is 6.21. The minimum atomic E-state index is -4.09. The van der Waals surface area contributed by atoms with Crippen LogP contribution in [0.5, 0.6) is 0 Å². The number of nitrogens with one attached hydrogen (secondary N) is 1. The Labute approximate surface area is 123 Å². The van der Waals surface area contributed by atoms with E-state index in [-0.39, 0.29) is 12.6 Å². The van der Waals surface area contributed by atoms with Crippen molar-refractivity contribution >= 4 is 10.0 Å². The number of hydrogen-bond donors (Lipinski definition) is 2. The number of hydrogen-bond acceptors (Lipinski definition) is 4. The van der Waals surface area contributed by atoms with Crippen LogP contribution in [0.4, 0.5) is 8.78 Å². The van der Waals surface area contributed by atoms with E-state index in [4.69, 9.17) is 5.11 Å². The Bertz CT molecular complexity index is 591. The van der Waals surface area contributed by atoms with E-state index >= 15 is 0 Å². The molecular formula is C13H20F2N2O3S. The van der Waals surface area contributed by atoms with E-state index in [1.54, 1.807) is 0 Å². The average Bonchev–Trinajstić information content (AvgIpc) is 2.38. The second-order valence-electron chi connectivity index (χ2n) is 4.97. The van der Waals surface area contributed by atoms with Crippen LogP contribution in [0.2, 0.25) is 0 Å². The van der Waals surface area contributed by atoms with Gasteiger partial charge in [0.2, 0.25) is 10.0 Å². The van der Waals surface area contributed by atoms with Crippen molar-refractivity contribution in [3.8, 4) is 0 Å². The monoisotopic (exact) mass is 322 g/mol. The fourth-order valence-corrected chi connectivity index (χ4v) is 2.74. The molecule has 0 aliphatic heterocycles. The highest BCUT2D eigenvalue weighted by Crippen LogP contribution is 2.20. The van der Waals surface area contributed by atoms with Gasteiger partial charge >= 0.3 is 0 Å². The maximum Gasteiger partial charge on any atom is 0.243 e. The van der Waals surface area contributed by atoms with Gasteiger partial charge in [0, 0.05) is 19.1 Å². The molecule has 2 N–H and O–H groups in total. The molecule has 8 heteroatoms. The predicted molar refractivity (Wildman–Crippen MR) is 75.2 cm³/mol. The molecule has 0 spiro atoms. The number of sulfonamides is 1. The van der Waals surface area contributed by atoms with Crippen LogP contribution in [0.3, 0.4) is 0 Å². The van der Waals surface area contributed by atoms with E-state index in [2.05, 4.69) is 4.72 Å². The molecule has 0 amide bonds. The number of aliphatic hydroxyl groups excluding tert-OH is 1. The zero-order valence-corrected chi connectivity index (χ0v) is 13.0. The lowest BCUT2D eigenvalue weighted by Crippen LogP contribution is -2.36.